The van der Waals surface area contributed by atoms with Crippen molar-refractivity contribution < 1.29 is 9.72 Å². The summed E-state index contributed by atoms with van der Waals surface area (Å²) in [5.41, 5.74) is 0.988. The average Bonchev–Trinajstić information content (AvgIpc) is 3.18. The summed E-state index contributed by atoms with van der Waals surface area (Å²) >= 11 is 1.52. The molecule has 8 nitrogen and oxygen atoms in total. The summed E-state index contributed by atoms with van der Waals surface area (Å²) < 4.78 is 1.28. The first-order chi connectivity index (χ1) is 13.0. The predicted octanol–water partition coefficient (Wildman–Crippen LogP) is 2.62. The van der Waals surface area contributed by atoms with Gasteiger partial charge in [-0.3, -0.25) is 19.7 Å². The highest BCUT2D eigenvalue weighted by molar-refractivity contribution is 7.13. The second-order valence-electron chi connectivity index (χ2n) is 5.77. The molecule has 2 heterocycles. The van der Waals surface area contributed by atoms with Crippen LogP contribution in [-0.4, -0.2) is 27.2 Å². The van der Waals surface area contributed by atoms with Gasteiger partial charge in [-0.05, 0) is 30.5 Å². The lowest BCUT2D eigenvalue weighted by molar-refractivity contribution is -0.385. The van der Waals surface area contributed by atoms with E-state index in [0.717, 1.165) is 4.88 Å². The van der Waals surface area contributed by atoms with Crippen molar-refractivity contribution in [2.45, 2.75) is 13.5 Å². The van der Waals surface area contributed by atoms with Crippen molar-refractivity contribution in [3.05, 3.63) is 79.4 Å². The topological polar surface area (TPSA) is 107 Å². The highest BCUT2D eigenvalue weighted by atomic mass is 32.1. The van der Waals surface area contributed by atoms with Gasteiger partial charge in [-0.25, -0.2) is 4.68 Å². The molecule has 3 rings (SSSR count). The van der Waals surface area contributed by atoms with Crippen LogP contribution in [0.1, 0.15) is 15.9 Å². The van der Waals surface area contributed by atoms with E-state index in [4.69, 9.17) is 0 Å². The Morgan fingerprint density at radius 1 is 1.30 bits per heavy atom. The minimum atomic E-state index is -0.522. The van der Waals surface area contributed by atoms with Crippen LogP contribution in [0.15, 0.2) is 52.6 Å². The van der Waals surface area contributed by atoms with Crippen LogP contribution < -0.4 is 10.9 Å². The molecule has 138 valence electrons. The molecule has 2 aromatic heterocycles. The van der Waals surface area contributed by atoms with Gasteiger partial charge in [0.25, 0.3) is 17.2 Å². The zero-order valence-corrected chi connectivity index (χ0v) is 15.2. The summed E-state index contributed by atoms with van der Waals surface area (Å²) in [7, 11) is 0. The summed E-state index contributed by atoms with van der Waals surface area (Å²) in [6, 6.07) is 11.2. The maximum atomic E-state index is 12.2. The largest absolute Gasteiger partial charge is 0.350 e. The Kier molecular flexibility index (Phi) is 5.41. The lowest BCUT2D eigenvalue weighted by atomic mass is 10.1. The van der Waals surface area contributed by atoms with Gasteiger partial charge in [0.15, 0.2) is 0 Å². The maximum Gasteiger partial charge on any atom is 0.273 e. The van der Waals surface area contributed by atoms with Crippen molar-refractivity contribution in [2.75, 3.05) is 6.54 Å². The van der Waals surface area contributed by atoms with Crippen LogP contribution in [-0.2, 0) is 6.54 Å². The normalized spacial score (nSPS) is 10.6. The molecule has 0 aliphatic heterocycles. The van der Waals surface area contributed by atoms with E-state index in [9.17, 15) is 19.7 Å². The molecule has 9 heteroatoms. The molecular weight excluding hydrogens is 368 g/mol. The number of aryl methyl sites for hydroxylation is 1. The molecule has 0 aliphatic rings. The summed E-state index contributed by atoms with van der Waals surface area (Å²) in [5.74, 6) is -0.444. The third-order valence-electron chi connectivity index (χ3n) is 3.92. The van der Waals surface area contributed by atoms with Crippen molar-refractivity contribution >= 4 is 22.9 Å². The Labute approximate surface area is 158 Å². The van der Waals surface area contributed by atoms with Gasteiger partial charge in [0.1, 0.15) is 5.69 Å². The number of nitrogens with one attached hydrogen (secondary N) is 1. The Hall–Kier alpha value is -3.33. The Bertz CT molecular complexity index is 1040. The number of nitrogens with zero attached hydrogens (tertiary/aromatic N) is 3. The van der Waals surface area contributed by atoms with Gasteiger partial charge in [-0.15, -0.1) is 11.3 Å². The molecule has 0 saturated carbocycles. The summed E-state index contributed by atoms with van der Waals surface area (Å²) in [5, 5.41) is 19.9. The predicted molar refractivity (Wildman–Crippen MR) is 102 cm³/mol. The van der Waals surface area contributed by atoms with Gasteiger partial charge in [0, 0.05) is 29.8 Å². The quantitative estimate of drug-likeness (QED) is 0.519. The fraction of sp³-hybridized carbons (Fsp3) is 0.167. The molecule has 0 unspecified atom stereocenters. The van der Waals surface area contributed by atoms with Crippen LogP contribution in [0, 0.1) is 17.0 Å². The van der Waals surface area contributed by atoms with Gasteiger partial charge >= 0.3 is 0 Å². The smallest absolute Gasteiger partial charge is 0.273 e. The number of thiophene rings is 1. The molecule has 0 radical (unpaired) electrons. The van der Waals surface area contributed by atoms with E-state index in [1.165, 1.54) is 40.3 Å². The summed E-state index contributed by atoms with van der Waals surface area (Å²) in [6.45, 7) is 1.97. The van der Waals surface area contributed by atoms with Crippen molar-refractivity contribution in [1.29, 1.82) is 0 Å². The average molecular weight is 384 g/mol. The number of carbonyl (C=O) groups is 1. The first kappa shape index (κ1) is 18.5. The minimum absolute atomic E-state index is 0.107. The van der Waals surface area contributed by atoms with E-state index in [1.54, 1.807) is 13.0 Å². The molecule has 0 bridgehead atoms. The molecule has 3 aromatic rings. The molecule has 0 fully saturated rings. The van der Waals surface area contributed by atoms with Gasteiger partial charge in [0.05, 0.1) is 16.3 Å². The van der Waals surface area contributed by atoms with Crippen molar-refractivity contribution in [1.82, 2.24) is 15.1 Å². The Morgan fingerprint density at radius 3 is 2.81 bits per heavy atom. The molecular formula is C18H16N4O4S. The SMILES string of the molecule is Cc1ccc(C(=O)NCCn2nc(-c3cccs3)ccc2=O)cc1[N+](=O)[O-]. The molecule has 0 aliphatic carbocycles. The molecule has 0 saturated heterocycles. The first-order valence-corrected chi connectivity index (χ1v) is 8.99. The lowest BCUT2D eigenvalue weighted by Crippen LogP contribution is -2.32. The fourth-order valence-electron chi connectivity index (χ4n) is 2.49. The molecule has 1 N–H and O–H groups in total. The number of benzene rings is 1. The molecule has 1 amide bonds. The Morgan fingerprint density at radius 2 is 2.11 bits per heavy atom. The number of nitro groups is 1. The van der Waals surface area contributed by atoms with E-state index < -0.39 is 10.8 Å². The number of carbonyl (C=O) groups excluding carboxylic acids is 1. The molecule has 27 heavy (non-hydrogen) atoms. The van der Waals surface area contributed by atoms with Crippen LogP contribution >= 0.6 is 11.3 Å². The van der Waals surface area contributed by atoms with Crippen LogP contribution in [0.5, 0.6) is 0 Å². The second kappa shape index (κ2) is 7.92. The number of hydrogen-bond acceptors (Lipinski definition) is 6. The highest BCUT2D eigenvalue weighted by Crippen LogP contribution is 2.21. The third-order valence-corrected chi connectivity index (χ3v) is 4.81. The minimum Gasteiger partial charge on any atom is -0.350 e. The van der Waals surface area contributed by atoms with Gasteiger partial charge in [-0.1, -0.05) is 12.1 Å². The number of aromatic nitrogens is 2. The van der Waals surface area contributed by atoms with E-state index in [-0.39, 0.29) is 29.9 Å². The van der Waals surface area contributed by atoms with Crippen molar-refractivity contribution in [3.63, 3.8) is 0 Å². The van der Waals surface area contributed by atoms with Crippen LogP contribution in [0.4, 0.5) is 5.69 Å². The van der Waals surface area contributed by atoms with Gasteiger partial charge < -0.3 is 5.32 Å². The van der Waals surface area contributed by atoms with E-state index in [2.05, 4.69) is 10.4 Å². The second-order valence-corrected chi connectivity index (χ2v) is 6.72. The zero-order chi connectivity index (χ0) is 19.4. The lowest BCUT2D eigenvalue weighted by Gasteiger charge is -2.08. The third kappa shape index (κ3) is 4.26. The fourth-order valence-corrected chi connectivity index (χ4v) is 3.18. The number of nitro benzene ring substituents is 1. The maximum absolute atomic E-state index is 12.2. The standard InChI is InChI=1S/C18H16N4O4S/c1-12-4-5-13(11-15(12)22(25)26)18(24)19-8-9-21-17(23)7-6-14(20-21)16-3-2-10-27-16/h2-7,10-11H,8-9H2,1H3,(H,19,24). The molecule has 1 aromatic carbocycles. The van der Waals surface area contributed by atoms with E-state index in [1.807, 2.05) is 17.5 Å². The number of rotatable bonds is 6. The monoisotopic (exact) mass is 384 g/mol. The highest BCUT2D eigenvalue weighted by Gasteiger charge is 2.14. The molecule has 0 atom stereocenters. The summed E-state index contributed by atoms with van der Waals surface area (Å²) in [4.78, 5) is 35.6. The summed E-state index contributed by atoms with van der Waals surface area (Å²) in [6.07, 6.45) is 0. The van der Waals surface area contributed by atoms with Crippen molar-refractivity contribution in [2.24, 2.45) is 0 Å². The number of hydrogen-bond donors (Lipinski definition) is 1. The van der Waals surface area contributed by atoms with Gasteiger partial charge in [0.2, 0.25) is 0 Å². The van der Waals surface area contributed by atoms with Crippen molar-refractivity contribution in [3.8, 4) is 10.6 Å². The van der Waals surface area contributed by atoms with E-state index in [0.29, 0.717) is 11.3 Å². The first-order valence-electron chi connectivity index (χ1n) is 8.11. The van der Waals surface area contributed by atoms with Crippen LogP contribution in [0.3, 0.4) is 0 Å². The van der Waals surface area contributed by atoms with E-state index >= 15 is 0 Å². The van der Waals surface area contributed by atoms with Gasteiger partial charge in [-0.2, -0.15) is 5.10 Å². The van der Waals surface area contributed by atoms with Crippen LogP contribution in [0.2, 0.25) is 0 Å². The molecule has 0 spiro atoms. The van der Waals surface area contributed by atoms with Crippen LogP contribution in [0.25, 0.3) is 10.6 Å². The zero-order valence-electron chi connectivity index (χ0n) is 14.4. The number of amides is 1. The Balaban J connectivity index is 1.67.